The molecule has 5 rings (SSSR count). The van der Waals surface area contributed by atoms with Crippen LogP contribution in [0.2, 0.25) is 0 Å². The van der Waals surface area contributed by atoms with E-state index in [0.29, 0.717) is 29.6 Å². The zero-order valence-corrected chi connectivity index (χ0v) is 18.3. The molecule has 0 fully saturated rings. The molecule has 3 heterocycles. The van der Waals surface area contributed by atoms with Gasteiger partial charge in [0.2, 0.25) is 0 Å². The predicted molar refractivity (Wildman–Crippen MR) is 126 cm³/mol. The Kier molecular flexibility index (Phi) is 5.03. The van der Waals surface area contributed by atoms with Crippen molar-refractivity contribution in [3.8, 4) is 5.75 Å². The highest BCUT2D eigenvalue weighted by molar-refractivity contribution is 6.50. The van der Waals surface area contributed by atoms with E-state index in [1.807, 2.05) is 47.8 Å². The predicted octanol–water partition coefficient (Wildman–Crippen LogP) is 2.32. The number of nitrogens with one attached hydrogen (secondary N) is 2. The lowest BCUT2D eigenvalue weighted by atomic mass is 9.95. The van der Waals surface area contributed by atoms with Gasteiger partial charge in [0.15, 0.2) is 0 Å². The van der Waals surface area contributed by atoms with Gasteiger partial charge in [0.05, 0.1) is 17.3 Å². The maximum Gasteiger partial charge on any atom is 0.259 e. The van der Waals surface area contributed by atoms with Crippen molar-refractivity contribution in [2.24, 2.45) is 0 Å². The van der Waals surface area contributed by atoms with Crippen LogP contribution in [0.15, 0.2) is 54.9 Å². The van der Waals surface area contributed by atoms with Crippen LogP contribution in [-0.2, 0) is 16.1 Å². The standard InChI is InChI=1S/C25H24N4O4/c1-28(2)11-15(31)12-29-13-19(17-9-14(30)7-8-21(17)29)23-22(24(32)27-25(23)33)18-10-26-20-6-4-3-5-16(18)20/h3-10,13,15,26,30-31H,11-12H2,1-2H3,(H,27,32,33). The summed E-state index contributed by atoms with van der Waals surface area (Å²) >= 11 is 0. The minimum atomic E-state index is -0.640. The number of imide groups is 1. The van der Waals surface area contributed by atoms with Gasteiger partial charge in [-0.15, -0.1) is 0 Å². The topological polar surface area (TPSA) is 111 Å². The number of fused-ring (bicyclic) bond motifs is 2. The van der Waals surface area contributed by atoms with Gasteiger partial charge in [-0.05, 0) is 38.4 Å². The number of carbonyl (C=O) groups excluding carboxylic acids is 2. The molecule has 0 saturated heterocycles. The molecule has 2 aromatic carbocycles. The van der Waals surface area contributed by atoms with Crippen molar-refractivity contribution in [3.63, 3.8) is 0 Å². The molecule has 168 valence electrons. The number of aliphatic hydroxyl groups excluding tert-OH is 1. The fraction of sp³-hybridized carbons (Fsp3) is 0.200. The number of likely N-dealkylation sites (N-methyl/N-ethyl adjacent to an activating group) is 1. The number of phenolic OH excluding ortho intramolecular Hbond substituents is 1. The molecule has 1 atom stereocenters. The normalized spacial score (nSPS) is 15.3. The summed E-state index contributed by atoms with van der Waals surface area (Å²) in [6, 6.07) is 12.5. The Hall–Kier alpha value is -3.88. The third-order valence-corrected chi connectivity index (χ3v) is 5.91. The van der Waals surface area contributed by atoms with Crippen LogP contribution in [0.4, 0.5) is 0 Å². The Labute approximate surface area is 189 Å². The molecule has 1 aliphatic heterocycles. The van der Waals surface area contributed by atoms with Gasteiger partial charge in [-0.25, -0.2) is 0 Å². The molecule has 8 heteroatoms. The first-order valence-corrected chi connectivity index (χ1v) is 10.6. The third-order valence-electron chi connectivity index (χ3n) is 5.91. The largest absolute Gasteiger partial charge is 0.508 e. The Balaban J connectivity index is 1.73. The van der Waals surface area contributed by atoms with Gasteiger partial charge in [0.1, 0.15) is 5.75 Å². The van der Waals surface area contributed by atoms with E-state index in [1.54, 1.807) is 30.6 Å². The smallest absolute Gasteiger partial charge is 0.259 e. The van der Waals surface area contributed by atoms with Crippen LogP contribution in [0.25, 0.3) is 33.0 Å². The Morgan fingerprint density at radius 3 is 2.48 bits per heavy atom. The molecule has 1 aliphatic rings. The number of para-hydroxylation sites is 1. The van der Waals surface area contributed by atoms with Gasteiger partial charge < -0.3 is 24.7 Å². The van der Waals surface area contributed by atoms with Crippen molar-refractivity contribution in [2.75, 3.05) is 20.6 Å². The summed E-state index contributed by atoms with van der Waals surface area (Å²) in [7, 11) is 3.76. The molecule has 1 unspecified atom stereocenters. The van der Waals surface area contributed by atoms with E-state index in [9.17, 15) is 19.8 Å². The van der Waals surface area contributed by atoms with E-state index in [2.05, 4.69) is 10.3 Å². The number of hydrogen-bond acceptors (Lipinski definition) is 5. The monoisotopic (exact) mass is 444 g/mol. The second-order valence-electron chi connectivity index (χ2n) is 8.59. The number of aromatic hydroxyl groups is 1. The molecule has 2 amide bonds. The average Bonchev–Trinajstić information content (AvgIpc) is 3.40. The van der Waals surface area contributed by atoms with Crippen LogP contribution < -0.4 is 5.32 Å². The van der Waals surface area contributed by atoms with Gasteiger partial charge in [-0.3, -0.25) is 14.9 Å². The van der Waals surface area contributed by atoms with Crippen LogP contribution in [0, 0.1) is 0 Å². The fourth-order valence-corrected chi connectivity index (χ4v) is 4.59. The number of aliphatic hydroxyl groups is 1. The minimum Gasteiger partial charge on any atom is -0.508 e. The first-order valence-electron chi connectivity index (χ1n) is 10.6. The summed E-state index contributed by atoms with van der Waals surface area (Å²) in [6.07, 6.45) is 2.86. The Bertz CT molecular complexity index is 1440. The van der Waals surface area contributed by atoms with Gasteiger partial charge in [-0.2, -0.15) is 0 Å². The number of aromatic nitrogens is 2. The molecule has 0 aliphatic carbocycles. The summed E-state index contributed by atoms with van der Waals surface area (Å²) in [5.41, 5.74) is 3.31. The van der Waals surface area contributed by atoms with E-state index in [1.165, 1.54) is 0 Å². The first-order chi connectivity index (χ1) is 15.8. The Morgan fingerprint density at radius 1 is 1.00 bits per heavy atom. The first kappa shape index (κ1) is 21.0. The van der Waals surface area contributed by atoms with Crippen molar-refractivity contribution < 1.29 is 19.8 Å². The van der Waals surface area contributed by atoms with Crippen LogP contribution in [0.5, 0.6) is 5.75 Å². The van der Waals surface area contributed by atoms with E-state index in [0.717, 1.165) is 16.4 Å². The number of rotatable bonds is 6. The second-order valence-corrected chi connectivity index (χ2v) is 8.59. The number of phenols is 1. The van der Waals surface area contributed by atoms with Crippen molar-refractivity contribution in [2.45, 2.75) is 12.6 Å². The number of hydrogen-bond donors (Lipinski definition) is 4. The molecule has 0 saturated carbocycles. The van der Waals surface area contributed by atoms with Gasteiger partial charge in [0, 0.05) is 58.4 Å². The van der Waals surface area contributed by atoms with E-state index in [-0.39, 0.29) is 16.9 Å². The van der Waals surface area contributed by atoms with Crippen LogP contribution in [0.3, 0.4) is 0 Å². The number of carbonyl (C=O) groups is 2. The zero-order chi connectivity index (χ0) is 23.3. The zero-order valence-electron chi connectivity index (χ0n) is 18.3. The van der Waals surface area contributed by atoms with Crippen LogP contribution in [0.1, 0.15) is 11.1 Å². The summed E-state index contributed by atoms with van der Waals surface area (Å²) < 4.78 is 1.86. The molecule has 4 aromatic rings. The van der Waals surface area contributed by atoms with Crippen molar-refractivity contribution in [1.29, 1.82) is 0 Å². The van der Waals surface area contributed by atoms with E-state index in [4.69, 9.17) is 0 Å². The molecule has 33 heavy (non-hydrogen) atoms. The maximum atomic E-state index is 13.0. The molecule has 0 radical (unpaired) electrons. The van der Waals surface area contributed by atoms with E-state index >= 15 is 0 Å². The average molecular weight is 444 g/mol. The summed E-state index contributed by atoms with van der Waals surface area (Å²) in [6.45, 7) is 0.764. The third kappa shape index (κ3) is 3.59. The molecule has 2 aromatic heterocycles. The number of H-pyrrole nitrogens is 1. The highest BCUT2D eigenvalue weighted by Gasteiger charge is 2.35. The summed E-state index contributed by atoms with van der Waals surface area (Å²) in [5, 5.41) is 24.6. The number of amides is 2. The van der Waals surface area contributed by atoms with Gasteiger partial charge in [-0.1, -0.05) is 18.2 Å². The SMILES string of the molecule is CN(C)CC(O)Cn1cc(C2=C(c3c[nH]c4ccccc34)C(=O)NC2=O)c2cc(O)ccc21. The fourth-order valence-electron chi connectivity index (χ4n) is 4.59. The molecular weight excluding hydrogens is 420 g/mol. The van der Waals surface area contributed by atoms with Crippen molar-refractivity contribution in [1.82, 2.24) is 19.8 Å². The highest BCUT2D eigenvalue weighted by Crippen LogP contribution is 2.39. The number of aromatic amines is 1. The highest BCUT2D eigenvalue weighted by atomic mass is 16.3. The molecular formula is C25H24N4O4. The summed E-state index contributed by atoms with van der Waals surface area (Å²) in [5.74, 6) is -0.903. The van der Waals surface area contributed by atoms with Crippen molar-refractivity contribution in [3.05, 3.63) is 66.0 Å². The minimum absolute atomic E-state index is 0.0503. The quantitative estimate of drug-likeness (QED) is 0.341. The summed E-state index contributed by atoms with van der Waals surface area (Å²) in [4.78, 5) is 31.0. The van der Waals surface area contributed by atoms with Crippen LogP contribution >= 0.6 is 0 Å². The molecule has 0 bridgehead atoms. The van der Waals surface area contributed by atoms with Gasteiger partial charge in [0.25, 0.3) is 11.8 Å². The number of benzene rings is 2. The Morgan fingerprint density at radius 2 is 1.73 bits per heavy atom. The lowest BCUT2D eigenvalue weighted by Crippen LogP contribution is -2.29. The lowest BCUT2D eigenvalue weighted by molar-refractivity contribution is -0.122. The van der Waals surface area contributed by atoms with Crippen LogP contribution in [-0.4, -0.2) is 63.2 Å². The second kappa shape index (κ2) is 7.91. The van der Waals surface area contributed by atoms with Crippen molar-refractivity contribution >= 4 is 44.8 Å². The molecule has 4 N–H and O–H groups in total. The maximum absolute atomic E-state index is 13.0. The lowest BCUT2D eigenvalue weighted by Gasteiger charge is -2.17. The van der Waals surface area contributed by atoms with E-state index < -0.39 is 17.9 Å². The number of nitrogens with zero attached hydrogens (tertiary/aromatic N) is 2. The van der Waals surface area contributed by atoms with Gasteiger partial charge >= 0.3 is 0 Å². The molecule has 8 nitrogen and oxygen atoms in total. The molecule has 0 spiro atoms.